The molecular weight excluding hydrogens is 320 g/mol. The Bertz CT molecular complexity index is 710. The highest BCUT2D eigenvalue weighted by Gasteiger charge is 2.23. The average molecular weight is 344 g/mol. The van der Waals surface area contributed by atoms with Gasteiger partial charge in [0, 0.05) is 25.7 Å². The quantitative estimate of drug-likeness (QED) is 0.871. The third-order valence-corrected chi connectivity index (χ3v) is 4.24. The maximum absolute atomic E-state index is 12.2. The first-order chi connectivity index (χ1) is 12.1. The van der Waals surface area contributed by atoms with Crippen LogP contribution in [0.3, 0.4) is 0 Å². The zero-order chi connectivity index (χ0) is 17.6. The number of aryl methyl sites for hydroxylation is 2. The Hall–Kier alpha value is -2.38. The Morgan fingerprint density at radius 1 is 1.28 bits per heavy atom. The van der Waals surface area contributed by atoms with Gasteiger partial charge in [-0.25, -0.2) is 4.79 Å². The second-order valence-electron chi connectivity index (χ2n) is 6.24. The maximum Gasteiger partial charge on any atom is 0.320 e. The van der Waals surface area contributed by atoms with Gasteiger partial charge in [0.15, 0.2) is 5.82 Å². The third kappa shape index (κ3) is 4.80. The molecule has 7 nitrogen and oxygen atoms in total. The van der Waals surface area contributed by atoms with Crippen molar-refractivity contribution in [2.45, 2.75) is 19.9 Å². The number of anilines is 1. The molecule has 0 radical (unpaired) electrons. The summed E-state index contributed by atoms with van der Waals surface area (Å²) >= 11 is 0. The lowest BCUT2D eigenvalue weighted by atomic mass is 10.0. The Kier molecular flexibility index (Phi) is 5.67. The van der Waals surface area contributed by atoms with Crippen LogP contribution in [0.15, 0.2) is 34.9 Å². The van der Waals surface area contributed by atoms with Crippen LogP contribution in [0.1, 0.15) is 22.9 Å². The van der Waals surface area contributed by atoms with Crippen molar-refractivity contribution in [2.24, 2.45) is 0 Å². The van der Waals surface area contributed by atoms with Crippen LogP contribution in [-0.4, -0.2) is 48.9 Å². The van der Waals surface area contributed by atoms with Crippen LogP contribution in [0, 0.1) is 13.8 Å². The van der Waals surface area contributed by atoms with Crippen molar-refractivity contribution in [3.63, 3.8) is 0 Å². The molecule has 1 aliphatic rings. The van der Waals surface area contributed by atoms with E-state index in [0.29, 0.717) is 31.3 Å². The molecule has 1 atom stereocenters. The van der Waals surface area contributed by atoms with Gasteiger partial charge in [-0.15, -0.1) is 0 Å². The number of rotatable bonds is 5. The number of carbonyl (C=O) groups is 1. The standard InChI is InChI=1S/C18H24N4O3/c1-13-4-3-5-15(10-13)16(22-6-8-24-9-7-22)12-19-18(23)20-17-11-14(2)25-21-17/h3-5,10-11,16H,6-9,12H2,1-2H3,(H2,19,20,21,23). The minimum Gasteiger partial charge on any atom is -0.379 e. The van der Waals surface area contributed by atoms with Gasteiger partial charge in [0.25, 0.3) is 0 Å². The van der Waals surface area contributed by atoms with E-state index in [4.69, 9.17) is 9.26 Å². The number of urea groups is 1. The van der Waals surface area contributed by atoms with Crippen LogP contribution >= 0.6 is 0 Å². The van der Waals surface area contributed by atoms with Gasteiger partial charge in [-0.2, -0.15) is 0 Å². The van der Waals surface area contributed by atoms with Gasteiger partial charge in [-0.05, 0) is 19.4 Å². The van der Waals surface area contributed by atoms with E-state index in [0.717, 1.165) is 13.1 Å². The predicted molar refractivity (Wildman–Crippen MR) is 94.6 cm³/mol. The Morgan fingerprint density at radius 3 is 2.76 bits per heavy atom. The summed E-state index contributed by atoms with van der Waals surface area (Å²) in [5.41, 5.74) is 2.40. The minimum absolute atomic E-state index is 0.105. The molecule has 0 spiro atoms. The van der Waals surface area contributed by atoms with E-state index < -0.39 is 0 Å². The molecule has 1 aromatic carbocycles. The van der Waals surface area contributed by atoms with Gasteiger partial charge >= 0.3 is 6.03 Å². The molecule has 2 heterocycles. The van der Waals surface area contributed by atoms with E-state index in [2.05, 4.69) is 51.9 Å². The van der Waals surface area contributed by atoms with Crippen molar-refractivity contribution in [2.75, 3.05) is 38.2 Å². The summed E-state index contributed by atoms with van der Waals surface area (Å²) in [5.74, 6) is 1.06. The number of carbonyl (C=O) groups excluding carboxylic acids is 1. The zero-order valence-corrected chi connectivity index (χ0v) is 14.6. The number of nitrogens with one attached hydrogen (secondary N) is 2. The minimum atomic E-state index is -0.292. The molecule has 1 aromatic heterocycles. The number of hydrogen-bond donors (Lipinski definition) is 2. The van der Waals surface area contributed by atoms with Crippen molar-refractivity contribution in [1.29, 1.82) is 0 Å². The molecule has 1 saturated heterocycles. The maximum atomic E-state index is 12.2. The van der Waals surface area contributed by atoms with E-state index in [1.54, 1.807) is 13.0 Å². The normalized spacial score (nSPS) is 16.4. The fourth-order valence-corrected chi connectivity index (χ4v) is 3.00. The smallest absolute Gasteiger partial charge is 0.320 e. The molecule has 0 aliphatic carbocycles. The molecule has 1 unspecified atom stereocenters. The van der Waals surface area contributed by atoms with Gasteiger partial charge in [-0.1, -0.05) is 35.0 Å². The van der Waals surface area contributed by atoms with E-state index in [-0.39, 0.29) is 12.1 Å². The highest BCUT2D eigenvalue weighted by Crippen LogP contribution is 2.22. The monoisotopic (exact) mass is 344 g/mol. The van der Waals surface area contributed by atoms with Crippen molar-refractivity contribution in [3.8, 4) is 0 Å². The molecule has 7 heteroatoms. The molecule has 2 aromatic rings. The summed E-state index contributed by atoms with van der Waals surface area (Å²) in [7, 11) is 0. The van der Waals surface area contributed by atoms with Crippen molar-refractivity contribution in [3.05, 3.63) is 47.2 Å². The summed E-state index contributed by atoms with van der Waals surface area (Å²) in [6.07, 6.45) is 0. The molecule has 0 saturated carbocycles. The molecule has 134 valence electrons. The summed E-state index contributed by atoms with van der Waals surface area (Å²) in [6.45, 7) is 7.50. The van der Waals surface area contributed by atoms with Gasteiger partial charge in [0.1, 0.15) is 5.76 Å². The SMILES string of the molecule is Cc1cccc(C(CNC(=O)Nc2cc(C)on2)N2CCOCC2)c1. The fourth-order valence-electron chi connectivity index (χ4n) is 3.00. The van der Waals surface area contributed by atoms with Crippen LogP contribution in [-0.2, 0) is 4.74 Å². The van der Waals surface area contributed by atoms with Crippen LogP contribution in [0.5, 0.6) is 0 Å². The second-order valence-corrected chi connectivity index (χ2v) is 6.24. The number of aromatic nitrogens is 1. The molecule has 1 aliphatic heterocycles. The predicted octanol–water partition coefficient (Wildman–Crippen LogP) is 2.49. The second kappa shape index (κ2) is 8.13. The van der Waals surface area contributed by atoms with Gasteiger partial charge < -0.3 is 14.6 Å². The molecule has 2 N–H and O–H groups in total. The Morgan fingerprint density at radius 2 is 2.08 bits per heavy atom. The van der Waals surface area contributed by atoms with Crippen LogP contribution < -0.4 is 10.6 Å². The van der Waals surface area contributed by atoms with Gasteiger partial charge in [0.05, 0.1) is 19.3 Å². The van der Waals surface area contributed by atoms with Crippen molar-refractivity contribution < 1.29 is 14.1 Å². The topological polar surface area (TPSA) is 79.6 Å². The molecule has 25 heavy (non-hydrogen) atoms. The lowest BCUT2D eigenvalue weighted by molar-refractivity contribution is 0.0168. The first-order valence-corrected chi connectivity index (χ1v) is 8.48. The van der Waals surface area contributed by atoms with Crippen molar-refractivity contribution in [1.82, 2.24) is 15.4 Å². The molecule has 3 rings (SSSR count). The summed E-state index contributed by atoms with van der Waals surface area (Å²) in [6, 6.07) is 9.89. The first kappa shape index (κ1) is 17.4. The fraction of sp³-hybridized carbons (Fsp3) is 0.444. The van der Waals surface area contributed by atoms with E-state index >= 15 is 0 Å². The number of ether oxygens (including phenoxy) is 1. The summed E-state index contributed by atoms with van der Waals surface area (Å²) in [4.78, 5) is 14.5. The van der Waals surface area contributed by atoms with Crippen LogP contribution in [0.2, 0.25) is 0 Å². The lowest BCUT2D eigenvalue weighted by Crippen LogP contribution is -2.44. The molecular formula is C18H24N4O3. The van der Waals surface area contributed by atoms with E-state index in [9.17, 15) is 4.79 Å². The number of morpholine rings is 1. The number of amides is 2. The Balaban J connectivity index is 1.65. The zero-order valence-electron chi connectivity index (χ0n) is 14.6. The number of benzene rings is 1. The van der Waals surface area contributed by atoms with Gasteiger partial charge in [-0.3, -0.25) is 10.2 Å². The number of nitrogens with zero attached hydrogens (tertiary/aromatic N) is 2. The van der Waals surface area contributed by atoms with Crippen LogP contribution in [0.4, 0.5) is 10.6 Å². The van der Waals surface area contributed by atoms with Gasteiger partial charge in [0.2, 0.25) is 0 Å². The highest BCUT2D eigenvalue weighted by molar-refractivity contribution is 5.88. The lowest BCUT2D eigenvalue weighted by Gasteiger charge is -2.35. The Labute approximate surface area is 147 Å². The largest absolute Gasteiger partial charge is 0.379 e. The summed E-state index contributed by atoms with van der Waals surface area (Å²) < 4.78 is 10.4. The first-order valence-electron chi connectivity index (χ1n) is 8.48. The van der Waals surface area contributed by atoms with Crippen molar-refractivity contribution >= 4 is 11.8 Å². The molecule has 1 fully saturated rings. The molecule has 2 amide bonds. The van der Waals surface area contributed by atoms with Crippen LogP contribution in [0.25, 0.3) is 0 Å². The average Bonchev–Trinajstić information content (AvgIpc) is 3.01. The van der Waals surface area contributed by atoms with E-state index in [1.807, 2.05) is 0 Å². The summed E-state index contributed by atoms with van der Waals surface area (Å²) in [5, 5.41) is 9.40. The third-order valence-electron chi connectivity index (χ3n) is 4.24. The number of hydrogen-bond acceptors (Lipinski definition) is 5. The molecule has 0 bridgehead atoms. The van der Waals surface area contributed by atoms with E-state index in [1.165, 1.54) is 11.1 Å². The highest BCUT2D eigenvalue weighted by atomic mass is 16.5.